The minimum atomic E-state index is -0.563. The molecular weight excluding hydrogens is 644 g/mol. The molecule has 0 fully saturated rings. The minimum Gasteiger partial charge on any atom is -0.396 e. The Kier molecular flexibility index (Phi) is 43.3. The van der Waals surface area contributed by atoms with Crippen molar-refractivity contribution in [2.75, 3.05) is 45.9 Å². The van der Waals surface area contributed by atoms with Crippen LogP contribution < -0.4 is 31.9 Å². The van der Waals surface area contributed by atoms with Gasteiger partial charge in [0.1, 0.15) is 0 Å². The molecule has 298 valence electrons. The lowest BCUT2D eigenvalue weighted by Crippen LogP contribution is -2.34. The van der Waals surface area contributed by atoms with E-state index < -0.39 is 6.10 Å². The summed E-state index contributed by atoms with van der Waals surface area (Å²) in [6.07, 6.45) is 1.83. The van der Waals surface area contributed by atoms with Gasteiger partial charge in [0.15, 0.2) is 0 Å². The third kappa shape index (κ3) is 36.0. The highest BCUT2D eigenvalue weighted by Gasteiger charge is 2.17. The van der Waals surface area contributed by atoms with E-state index in [2.05, 4.69) is 45.7 Å². The van der Waals surface area contributed by atoms with Crippen molar-refractivity contribution in [2.45, 2.75) is 116 Å². The molecule has 0 heterocycles. The number of amides is 6. The number of aliphatic hydroxyl groups is 2. The molecule has 0 aromatic heterocycles. The molecule has 0 aromatic rings. The van der Waals surface area contributed by atoms with Gasteiger partial charge >= 0.3 is 0 Å². The van der Waals surface area contributed by atoms with Crippen molar-refractivity contribution in [1.29, 1.82) is 0 Å². The van der Waals surface area contributed by atoms with Crippen LogP contribution in [0.4, 0.5) is 0 Å². The molecule has 0 rings (SSSR count). The molecule has 0 aliphatic rings. The summed E-state index contributed by atoms with van der Waals surface area (Å²) in [6, 6.07) is 0. The molecule has 6 unspecified atom stereocenters. The van der Waals surface area contributed by atoms with Crippen molar-refractivity contribution in [2.24, 2.45) is 35.5 Å². The zero-order valence-electron chi connectivity index (χ0n) is 33.8. The molecule has 0 saturated carbocycles. The maximum Gasteiger partial charge on any atom is 0.225 e. The number of rotatable bonds is 18. The van der Waals surface area contributed by atoms with E-state index in [0.29, 0.717) is 44.9 Å². The van der Waals surface area contributed by atoms with Gasteiger partial charge in [0, 0.05) is 57.0 Å². The lowest BCUT2D eigenvalue weighted by atomic mass is 9.93. The van der Waals surface area contributed by atoms with E-state index in [9.17, 15) is 28.8 Å². The minimum absolute atomic E-state index is 0.0302. The Bertz CT molecular complexity index is 874. The van der Waals surface area contributed by atoms with E-state index in [1.54, 1.807) is 20.8 Å². The average Bonchev–Trinajstić information content (AvgIpc) is 3.08. The quantitative estimate of drug-likeness (QED) is 0.0776. The summed E-state index contributed by atoms with van der Waals surface area (Å²) in [5.41, 5.74) is 0. The molecule has 0 aromatic carbocycles. The van der Waals surface area contributed by atoms with Crippen LogP contribution in [-0.2, 0) is 28.8 Å². The van der Waals surface area contributed by atoms with Crippen LogP contribution in [0.15, 0.2) is 0 Å². The first-order chi connectivity index (χ1) is 23.3. The van der Waals surface area contributed by atoms with Gasteiger partial charge in [0.25, 0.3) is 0 Å². The Labute approximate surface area is 303 Å². The molecule has 8 N–H and O–H groups in total. The van der Waals surface area contributed by atoms with Crippen LogP contribution in [-0.4, -0.2) is 98.1 Å². The molecule has 0 aliphatic carbocycles. The van der Waals surface area contributed by atoms with Gasteiger partial charge in [0.05, 0.1) is 24.5 Å². The monoisotopic (exact) mass is 721 g/mol. The summed E-state index contributed by atoms with van der Waals surface area (Å²) in [6.45, 7) is 30.1. The lowest BCUT2D eigenvalue weighted by molar-refractivity contribution is -0.127. The van der Waals surface area contributed by atoms with E-state index >= 15 is 0 Å². The highest BCUT2D eigenvalue weighted by Crippen LogP contribution is 2.13. The molecule has 50 heavy (non-hydrogen) atoms. The first-order valence-electron chi connectivity index (χ1n) is 18.2. The average molecular weight is 721 g/mol. The molecule has 14 nitrogen and oxygen atoms in total. The van der Waals surface area contributed by atoms with Crippen LogP contribution >= 0.6 is 0 Å². The van der Waals surface area contributed by atoms with Crippen LogP contribution in [0.25, 0.3) is 0 Å². The van der Waals surface area contributed by atoms with Gasteiger partial charge in [0.2, 0.25) is 35.9 Å². The Hall–Kier alpha value is -3.26. The van der Waals surface area contributed by atoms with E-state index in [4.69, 9.17) is 10.2 Å². The van der Waals surface area contributed by atoms with Crippen LogP contribution in [0, 0.1) is 35.5 Å². The summed E-state index contributed by atoms with van der Waals surface area (Å²) in [5.74, 6) is 0.343. The van der Waals surface area contributed by atoms with Gasteiger partial charge < -0.3 is 42.1 Å². The first kappa shape index (κ1) is 56.1. The first-order valence-corrected chi connectivity index (χ1v) is 18.2. The number of nitrogens with one attached hydrogen (secondary N) is 6. The predicted octanol–water partition coefficient (Wildman–Crippen LogP) is 2.37. The SMILES string of the molecule is CCNC(=O)C(C)C.CCNC(=O)C(C)C(C)CC.CCNC(=O)C(C)C(C)O.CCNC(=O)C(C)CCNC=O.CCNC(=O)C(C)CO. The van der Waals surface area contributed by atoms with E-state index in [1.165, 1.54) is 0 Å². The highest BCUT2D eigenvalue weighted by atomic mass is 16.3. The lowest BCUT2D eigenvalue weighted by Gasteiger charge is -2.16. The van der Waals surface area contributed by atoms with E-state index in [0.717, 1.165) is 19.5 Å². The van der Waals surface area contributed by atoms with E-state index in [-0.39, 0.29) is 65.7 Å². The number of hydrogen-bond donors (Lipinski definition) is 8. The van der Waals surface area contributed by atoms with Crippen molar-refractivity contribution in [3.8, 4) is 0 Å². The number of aliphatic hydroxyl groups excluding tert-OH is 2. The topological polar surface area (TPSA) is 215 Å². The summed E-state index contributed by atoms with van der Waals surface area (Å²) >= 11 is 0. The smallest absolute Gasteiger partial charge is 0.225 e. The molecule has 14 heteroatoms. The van der Waals surface area contributed by atoms with Gasteiger partial charge in [-0.2, -0.15) is 0 Å². The predicted molar refractivity (Wildman–Crippen MR) is 202 cm³/mol. The van der Waals surface area contributed by atoms with Gasteiger partial charge in [-0.15, -0.1) is 0 Å². The van der Waals surface area contributed by atoms with Crippen molar-refractivity contribution in [1.82, 2.24) is 31.9 Å². The van der Waals surface area contributed by atoms with E-state index in [1.807, 2.05) is 62.3 Å². The standard InChI is InChI=1S/C9H19NO.C8H16N2O2.C7H15NO2.C6H13NO2.C6H13NO/c1-5-7(3)8(4)9(11)10-6-2;1-3-10-8(12)7(2)4-5-9-6-11;1-4-8-7(10)5(2)6(3)9;1-3-7-6(9)5(2)4-8;1-4-7-6(8)5(2)3/h7-8H,5-6H2,1-4H3,(H,10,11);6-7H,3-5H2,1-2H3,(H,9,11)(H,10,12);5-6,9H,4H2,1-3H3,(H,8,10);5,8H,3-4H2,1-2H3,(H,7,9);5H,4H2,1-3H3,(H,7,8). The molecule has 0 bridgehead atoms. The molecule has 0 radical (unpaired) electrons. The molecule has 0 saturated heterocycles. The van der Waals surface area contributed by atoms with Crippen LogP contribution in [0.1, 0.15) is 110 Å². The number of carbonyl (C=O) groups excluding carboxylic acids is 6. The fourth-order valence-electron chi connectivity index (χ4n) is 3.15. The van der Waals surface area contributed by atoms with Crippen LogP contribution in [0.3, 0.4) is 0 Å². The maximum atomic E-state index is 11.2. The summed E-state index contributed by atoms with van der Waals surface area (Å²) < 4.78 is 0. The van der Waals surface area contributed by atoms with Gasteiger partial charge in [-0.25, -0.2) is 0 Å². The highest BCUT2D eigenvalue weighted by molar-refractivity contribution is 5.79. The van der Waals surface area contributed by atoms with Gasteiger partial charge in [-0.3, -0.25) is 28.8 Å². The normalized spacial score (nSPS) is 13.3. The fourth-order valence-corrected chi connectivity index (χ4v) is 3.15. The second-order valence-electron chi connectivity index (χ2n) is 12.2. The summed E-state index contributed by atoms with van der Waals surface area (Å²) in [7, 11) is 0. The zero-order valence-corrected chi connectivity index (χ0v) is 33.8. The third-order valence-electron chi connectivity index (χ3n) is 7.30. The summed E-state index contributed by atoms with van der Waals surface area (Å²) in [5, 5.41) is 33.4. The largest absolute Gasteiger partial charge is 0.396 e. The van der Waals surface area contributed by atoms with Crippen LogP contribution in [0.5, 0.6) is 0 Å². The summed E-state index contributed by atoms with van der Waals surface area (Å²) in [4.78, 5) is 64.5. The Morgan fingerprint density at radius 1 is 0.560 bits per heavy atom. The third-order valence-corrected chi connectivity index (χ3v) is 7.30. The van der Waals surface area contributed by atoms with Crippen molar-refractivity contribution < 1.29 is 39.0 Å². The molecule has 0 spiro atoms. The van der Waals surface area contributed by atoms with Crippen molar-refractivity contribution >= 4 is 35.9 Å². The Balaban J connectivity index is -0.000000170. The van der Waals surface area contributed by atoms with Gasteiger partial charge in [-0.05, 0) is 53.9 Å². The van der Waals surface area contributed by atoms with Crippen molar-refractivity contribution in [3.05, 3.63) is 0 Å². The van der Waals surface area contributed by atoms with Crippen LogP contribution in [0.2, 0.25) is 0 Å². The maximum absolute atomic E-state index is 11.2. The Morgan fingerprint density at radius 3 is 1.22 bits per heavy atom. The zero-order chi connectivity index (χ0) is 40.2. The second kappa shape index (κ2) is 38.5. The second-order valence-corrected chi connectivity index (χ2v) is 12.2. The van der Waals surface area contributed by atoms with Gasteiger partial charge in [-0.1, -0.05) is 61.8 Å². The molecule has 6 amide bonds. The number of carbonyl (C=O) groups is 6. The fraction of sp³-hybridized carbons (Fsp3) is 0.833. The number of hydrogen-bond acceptors (Lipinski definition) is 8. The Morgan fingerprint density at radius 2 is 0.920 bits per heavy atom. The molecule has 0 aliphatic heterocycles. The molecular formula is C36H76N6O8. The van der Waals surface area contributed by atoms with Crippen molar-refractivity contribution in [3.63, 3.8) is 0 Å². The molecule has 6 atom stereocenters.